The predicted octanol–water partition coefficient (Wildman–Crippen LogP) is -2.05. The molecule has 0 aromatic rings. The number of nitrogens with one attached hydrogen (secondary N) is 1. The van der Waals surface area contributed by atoms with E-state index in [0.29, 0.717) is 6.54 Å². The first kappa shape index (κ1) is 15.8. The third-order valence-corrected chi connectivity index (χ3v) is 2.00. The van der Waals surface area contributed by atoms with Crippen LogP contribution in [0.4, 0.5) is 0 Å². The van der Waals surface area contributed by atoms with Gasteiger partial charge in [0.05, 0.1) is 26.4 Å². The van der Waals surface area contributed by atoms with Crippen molar-refractivity contribution in [3.63, 3.8) is 0 Å². The van der Waals surface area contributed by atoms with E-state index in [1.54, 1.807) is 6.92 Å². The van der Waals surface area contributed by atoms with Crippen LogP contribution in [0.25, 0.3) is 0 Å². The van der Waals surface area contributed by atoms with E-state index < -0.39 is 11.8 Å². The fraction of sp³-hybridized carbons (Fsp3) is 0.800. The van der Waals surface area contributed by atoms with Crippen molar-refractivity contribution in [2.45, 2.75) is 6.92 Å². The molecule has 0 aromatic heterocycles. The van der Waals surface area contributed by atoms with Crippen molar-refractivity contribution >= 4 is 11.8 Å². The number of aliphatic hydroxyl groups is 2. The maximum Gasteiger partial charge on any atom is 0.311 e. The molecule has 0 bridgehead atoms. The molecule has 0 saturated carbocycles. The van der Waals surface area contributed by atoms with Gasteiger partial charge in [0.1, 0.15) is 0 Å². The van der Waals surface area contributed by atoms with Crippen LogP contribution in [0.1, 0.15) is 6.92 Å². The van der Waals surface area contributed by atoms with Crippen LogP contribution in [0, 0.1) is 0 Å². The minimum atomic E-state index is -0.715. The molecule has 7 heteroatoms. The second-order valence-corrected chi connectivity index (χ2v) is 3.20. The zero-order valence-corrected chi connectivity index (χ0v) is 10.0. The molecule has 0 rings (SSSR count). The molecule has 0 aliphatic heterocycles. The molecule has 17 heavy (non-hydrogen) atoms. The molecular weight excluding hydrogens is 228 g/mol. The summed E-state index contributed by atoms with van der Waals surface area (Å²) in [6, 6.07) is 0. The van der Waals surface area contributed by atoms with E-state index in [-0.39, 0.29) is 39.5 Å². The van der Waals surface area contributed by atoms with Crippen molar-refractivity contribution in [3.05, 3.63) is 0 Å². The molecular formula is C10H20N2O5. The van der Waals surface area contributed by atoms with Crippen LogP contribution in [0.3, 0.4) is 0 Å². The van der Waals surface area contributed by atoms with Crippen molar-refractivity contribution in [1.29, 1.82) is 0 Å². The molecule has 0 saturated heterocycles. The number of amides is 2. The van der Waals surface area contributed by atoms with Gasteiger partial charge in [-0.3, -0.25) is 9.59 Å². The Morgan fingerprint density at radius 1 is 1.24 bits per heavy atom. The number of nitrogens with zero attached hydrogens (tertiary/aromatic N) is 1. The summed E-state index contributed by atoms with van der Waals surface area (Å²) in [6.45, 7) is 2.64. The number of rotatable bonds is 8. The van der Waals surface area contributed by atoms with Crippen LogP contribution < -0.4 is 5.32 Å². The first-order chi connectivity index (χ1) is 8.17. The average molecular weight is 248 g/mol. The summed E-state index contributed by atoms with van der Waals surface area (Å²) < 4.78 is 4.92. The van der Waals surface area contributed by atoms with E-state index in [9.17, 15) is 9.59 Å². The van der Waals surface area contributed by atoms with Gasteiger partial charge in [0.2, 0.25) is 0 Å². The van der Waals surface area contributed by atoms with Crippen LogP contribution in [0.15, 0.2) is 0 Å². The molecule has 0 atom stereocenters. The molecule has 7 nitrogen and oxygen atoms in total. The van der Waals surface area contributed by atoms with E-state index in [2.05, 4.69) is 5.32 Å². The number of aliphatic hydroxyl groups excluding tert-OH is 2. The molecule has 0 aliphatic carbocycles. The van der Waals surface area contributed by atoms with Gasteiger partial charge in [-0.2, -0.15) is 0 Å². The Morgan fingerprint density at radius 2 is 1.94 bits per heavy atom. The van der Waals surface area contributed by atoms with Gasteiger partial charge in [0.25, 0.3) is 0 Å². The third-order valence-electron chi connectivity index (χ3n) is 2.00. The predicted molar refractivity (Wildman–Crippen MR) is 60.3 cm³/mol. The van der Waals surface area contributed by atoms with E-state index in [4.69, 9.17) is 14.9 Å². The minimum absolute atomic E-state index is 0.0764. The van der Waals surface area contributed by atoms with Crippen LogP contribution in [0.5, 0.6) is 0 Å². The second-order valence-electron chi connectivity index (χ2n) is 3.20. The van der Waals surface area contributed by atoms with Crippen LogP contribution >= 0.6 is 0 Å². The van der Waals surface area contributed by atoms with E-state index in [0.717, 1.165) is 0 Å². The standard InChI is InChI=1S/C10H20N2O5/c1-2-12(4-5-13)10(16)9(15)11-3-7-17-8-6-14/h13-14H,2-8H2,1H3,(H,11,15). The lowest BCUT2D eigenvalue weighted by Crippen LogP contribution is -2.44. The summed E-state index contributed by atoms with van der Waals surface area (Å²) in [4.78, 5) is 24.1. The van der Waals surface area contributed by atoms with Gasteiger partial charge in [-0.15, -0.1) is 0 Å². The molecule has 2 amide bonds. The second kappa shape index (κ2) is 10.0. The highest BCUT2D eigenvalue weighted by Crippen LogP contribution is 1.89. The fourth-order valence-corrected chi connectivity index (χ4v) is 1.15. The van der Waals surface area contributed by atoms with Crippen molar-refractivity contribution in [1.82, 2.24) is 10.2 Å². The SMILES string of the molecule is CCN(CCO)C(=O)C(=O)NCCOCCO. The summed E-state index contributed by atoms with van der Waals surface area (Å²) in [5.74, 6) is -1.38. The smallest absolute Gasteiger partial charge is 0.311 e. The van der Waals surface area contributed by atoms with Crippen molar-refractivity contribution in [3.8, 4) is 0 Å². The summed E-state index contributed by atoms with van der Waals surface area (Å²) in [7, 11) is 0. The first-order valence-corrected chi connectivity index (χ1v) is 5.53. The average Bonchev–Trinajstić information content (AvgIpc) is 2.34. The molecule has 100 valence electrons. The van der Waals surface area contributed by atoms with Gasteiger partial charge in [-0.05, 0) is 6.92 Å². The number of carbonyl (C=O) groups excluding carboxylic acids is 2. The summed E-state index contributed by atoms with van der Waals surface area (Å²) in [5.41, 5.74) is 0. The monoisotopic (exact) mass is 248 g/mol. The third kappa shape index (κ3) is 6.88. The van der Waals surface area contributed by atoms with Gasteiger partial charge in [0, 0.05) is 19.6 Å². The van der Waals surface area contributed by atoms with Crippen molar-refractivity contribution in [2.24, 2.45) is 0 Å². The van der Waals surface area contributed by atoms with Gasteiger partial charge in [-0.25, -0.2) is 0 Å². The Balaban J connectivity index is 3.83. The molecule has 0 unspecified atom stereocenters. The van der Waals surface area contributed by atoms with Crippen molar-refractivity contribution < 1.29 is 24.5 Å². The Kier molecular flexibility index (Phi) is 9.31. The normalized spacial score (nSPS) is 10.1. The van der Waals surface area contributed by atoms with Gasteiger partial charge < -0.3 is 25.2 Å². The number of likely N-dealkylation sites (N-methyl/N-ethyl adjacent to an activating group) is 1. The number of carbonyl (C=O) groups is 2. The maximum atomic E-state index is 11.5. The van der Waals surface area contributed by atoms with Crippen LogP contribution in [0.2, 0.25) is 0 Å². The first-order valence-electron chi connectivity index (χ1n) is 5.53. The molecule has 0 aromatic carbocycles. The Labute approximate surface area is 100 Å². The molecule has 0 heterocycles. The van der Waals surface area contributed by atoms with Gasteiger partial charge in [-0.1, -0.05) is 0 Å². The van der Waals surface area contributed by atoms with E-state index in [1.807, 2.05) is 0 Å². The number of hydrogen-bond acceptors (Lipinski definition) is 5. The van der Waals surface area contributed by atoms with Crippen LogP contribution in [-0.4, -0.2) is 73.0 Å². The zero-order valence-electron chi connectivity index (χ0n) is 10.0. The van der Waals surface area contributed by atoms with Gasteiger partial charge in [0.15, 0.2) is 0 Å². The molecule has 0 radical (unpaired) electrons. The zero-order chi connectivity index (χ0) is 13.1. The van der Waals surface area contributed by atoms with Gasteiger partial charge >= 0.3 is 11.8 Å². The Bertz CT molecular complexity index is 235. The summed E-state index contributed by atoms with van der Waals surface area (Å²) in [5, 5.41) is 19.5. The van der Waals surface area contributed by atoms with Crippen LogP contribution in [-0.2, 0) is 14.3 Å². The lowest BCUT2D eigenvalue weighted by atomic mass is 10.4. The quantitative estimate of drug-likeness (QED) is 0.339. The Hall–Kier alpha value is -1.18. The highest BCUT2D eigenvalue weighted by molar-refractivity contribution is 6.34. The molecule has 3 N–H and O–H groups in total. The Morgan fingerprint density at radius 3 is 2.47 bits per heavy atom. The summed E-state index contributed by atoms with van der Waals surface area (Å²) in [6.07, 6.45) is 0. The molecule has 0 aliphatic rings. The molecule has 0 spiro atoms. The highest BCUT2D eigenvalue weighted by atomic mass is 16.5. The molecule has 0 fully saturated rings. The van der Waals surface area contributed by atoms with E-state index in [1.165, 1.54) is 4.90 Å². The number of ether oxygens (including phenoxy) is 1. The fourth-order valence-electron chi connectivity index (χ4n) is 1.15. The summed E-state index contributed by atoms with van der Waals surface area (Å²) >= 11 is 0. The topological polar surface area (TPSA) is 99.1 Å². The minimum Gasteiger partial charge on any atom is -0.395 e. The lowest BCUT2D eigenvalue weighted by Gasteiger charge is -2.18. The lowest BCUT2D eigenvalue weighted by molar-refractivity contribution is -0.146. The van der Waals surface area contributed by atoms with Crippen molar-refractivity contribution in [2.75, 3.05) is 46.1 Å². The van der Waals surface area contributed by atoms with E-state index >= 15 is 0 Å². The highest BCUT2D eigenvalue weighted by Gasteiger charge is 2.19. The maximum absolute atomic E-state index is 11.5. The number of hydrogen-bond donors (Lipinski definition) is 3. The largest absolute Gasteiger partial charge is 0.395 e.